The predicted octanol–water partition coefficient (Wildman–Crippen LogP) is 1.05. The SMILES string of the molecule is CCCNC(=O)CN(C)C(=O)c1ccccc1CCNC. The van der Waals surface area contributed by atoms with Crippen molar-refractivity contribution in [3.63, 3.8) is 0 Å². The van der Waals surface area contributed by atoms with Crippen LogP contribution in [-0.2, 0) is 11.2 Å². The van der Waals surface area contributed by atoms with Gasteiger partial charge in [0, 0.05) is 19.2 Å². The highest BCUT2D eigenvalue weighted by atomic mass is 16.2. The number of benzene rings is 1. The van der Waals surface area contributed by atoms with E-state index in [4.69, 9.17) is 0 Å². The van der Waals surface area contributed by atoms with Gasteiger partial charge in [-0.1, -0.05) is 25.1 Å². The highest BCUT2D eigenvalue weighted by Gasteiger charge is 2.17. The first-order valence-corrected chi connectivity index (χ1v) is 7.34. The molecule has 2 amide bonds. The standard InChI is InChI=1S/C16H25N3O2/c1-4-10-18-15(20)12-19(3)16(21)14-8-6-5-7-13(14)9-11-17-2/h5-8,17H,4,9-12H2,1-3H3,(H,18,20). The zero-order valence-corrected chi connectivity index (χ0v) is 13.1. The first-order valence-electron chi connectivity index (χ1n) is 7.34. The highest BCUT2D eigenvalue weighted by molar-refractivity contribution is 5.97. The van der Waals surface area contributed by atoms with Crippen LogP contribution in [0.25, 0.3) is 0 Å². The molecule has 0 aliphatic rings. The summed E-state index contributed by atoms with van der Waals surface area (Å²) in [6.07, 6.45) is 1.67. The molecule has 0 saturated carbocycles. The van der Waals surface area contributed by atoms with Crippen molar-refractivity contribution in [3.05, 3.63) is 35.4 Å². The van der Waals surface area contributed by atoms with Crippen molar-refractivity contribution in [1.82, 2.24) is 15.5 Å². The van der Waals surface area contributed by atoms with Crippen LogP contribution in [0.5, 0.6) is 0 Å². The maximum absolute atomic E-state index is 12.5. The van der Waals surface area contributed by atoms with Gasteiger partial charge in [0.2, 0.25) is 5.91 Å². The van der Waals surface area contributed by atoms with Gasteiger partial charge < -0.3 is 15.5 Å². The summed E-state index contributed by atoms with van der Waals surface area (Å²) >= 11 is 0. The number of hydrogen-bond acceptors (Lipinski definition) is 3. The minimum atomic E-state index is -0.125. The lowest BCUT2D eigenvalue weighted by atomic mass is 10.0. The molecular formula is C16H25N3O2. The quantitative estimate of drug-likeness (QED) is 0.752. The third-order valence-electron chi connectivity index (χ3n) is 3.19. The van der Waals surface area contributed by atoms with Crippen LogP contribution in [0.3, 0.4) is 0 Å². The van der Waals surface area contributed by atoms with Gasteiger partial charge in [0.1, 0.15) is 0 Å². The molecule has 0 saturated heterocycles. The van der Waals surface area contributed by atoms with Crippen LogP contribution < -0.4 is 10.6 Å². The molecule has 0 heterocycles. The number of rotatable bonds is 8. The second-order valence-electron chi connectivity index (χ2n) is 5.02. The second-order valence-corrected chi connectivity index (χ2v) is 5.02. The van der Waals surface area contributed by atoms with E-state index < -0.39 is 0 Å². The zero-order chi connectivity index (χ0) is 15.7. The van der Waals surface area contributed by atoms with Crippen LogP contribution in [0.2, 0.25) is 0 Å². The molecular weight excluding hydrogens is 266 g/mol. The number of hydrogen-bond donors (Lipinski definition) is 2. The Bertz CT molecular complexity index is 474. The fourth-order valence-corrected chi connectivity index (χ4v) is 2.02. The summed E-state index contributed by atoms with van der Waals surface area (Å²) < 4.78 is 0. The zero-order valence-electron chi connectivity index (χ0n) is 13.1. The molecule has 0 unspecified atom stereocenters. The van der Waals surface area contributed by atoms with Gasteiger partial charge in [-0.15, -0.1) is 0 Å². The summed E-state index contributed by atoms with van der Waals surface area (Å²) in [5.41, 5.74) is 1.66. The normalized spacial score (nSPS) is 10.2. The lowest BCUT2D eigenvalue weighted by Gasteiger charge is -2.18. The molecule has 1 aromatic rings. The molecule has 21 heavy (non-hydrogen) atoms. The van der Waals surface area contributed by atoms with Gasteiger partial charge in [0.15, 0.2) is 0 Å². The van der Waals surface area contributed by atoms with E-state index >= 15 is 0 Å². The Morgan fingerprint density at radius 2 is 1.90 bits per heavy atom. The fourth-order valence-electron chi connectivity index (χ4n) is 2.02. The highest BCUT2D eigenvalue weighted by Crippen LogP contribution is 2.11. The summed E-state index contributed by atoms with van der Waals surface area (Å²) in [6.45, 7) is 3.52. The fraction of sp³-hybridized carbons (Fsp3) is 0.500. The van der Waals surface area contributed by atoms with Crippen LogP contribution in [-0.4, -0.2) is 50.4 Å². The molecule has 1 aromatic carbocycles. The average molecular weight is 291 g/mol. The van der Waals surface area contributed by atoms with Crippen molar-refractivity contribution in [2.24, 2.45) is 0 Å². The molecule has 0 fully saturated rings. The number of likely N-dealkylation sites (N-methyl/N-ethyl adjacent to an activating group) is 2. The Morgan fingerprint density at radius 1 is 1.19 bits per heavy atom. The Balaban J connectivity index is 2.71. The van der Waals surface area contributed by atoms with Gasteiger partial charge in [-0.3, -0.25) is 9.59 Å². The van der Waals surface area contributed by atoms with Gasteiger partial charge in [0.05, 0.1) is 6.54 Å². The predicted molar refractivity (Wildman–Crippen MR) is 84.3 cm³/mol. The Kier molecular flexibility index (Phi) is 7.46. The van der Waals surface area contributed by atoms with E-state index in [0.717, 1.165) is 24.9 Å². The molecule has 116 valence electrons. The smallest absolute Gasteiger partial charge is 0.254 e. The van der Waals surface area contributed by atoms with E-state index in [1.807, 2.05) is 38.2 Å². The number of carbonyl (C=O) groups excluding carboxylic acids is 2. The van der Waals surface area contributed by atoms with Crippen LogP contribution in [0, 0.1) is 0 Å². The van der Waals surface area contributed by atoms with Gasteiger partial charge >= 0.3 is 0 Å². The molecule has 0 radical (unpaired) electrons. The van der Waals surface area contributed by atoms with E-state index in [1.165, 1.54) is 4.90 Å². The maximum Gasteiger partial charge on any atom is 0.254 e. The van der Waals surface area contributed by atoms with Gasteiger partial charge in [0.25, 0.3) is 5.91 Å². The lowest BCUT2D eigenvalue weighted by molar-refractivity contribution is -0.121. The van der Waals surface area contributed by atoms with E-state index in [1.54, 1.807) is 7.05 Å². The average Bonchev–Trinajstić information content (AvgIpc) is 2.50. The molecule has 0 spiro atoms. The van der Waals surface area contributed by atoms with Crippen molar-refractivity contribution >= 4 is 11.8 Å². The third kappa shape index (κ3) is 5.55. The summed E-state index contributed by atoms with van der Waals surface area (Å²) in [6, 6.07) is 7.54. The van der Waals surface area contributed by atoms with Crippen LogP contribution >= 0.6 is 0 Å². The number of carbonyl (C=O) groups is 2. The van der Waals surface area contributed by atoms with E-state index in [2.05, 4.69) is 10.6 Å². The van der Waals surface area contributed by atoms with Crippen molar-refractivity contribution in [2.45, 2.75) is 19.8 Å². The second kappa shape index (κ2) is 9.13. The minimum absolute atomic E-state index is 0.0825. The molecule has 0 aliphatic carbocycles. The van der Waals surface area contributed by atoms with Crippen LogP contribution in [0.4, 0.5) is 0 Å². The molecule has 0 aliphatic heterocycles. The van der Waals surface area contributed by atoms with Crippen molar-refractivity contribution < 1.29 is 9.59 Å². The van der Waals surface area contributed by atoms with Gasteiger partial charge in [-0.25, -0.2) is 0 Å². The van der Waals surface area contributed by atoms with Crippen molar-refractivity contribution in [1.29, 1.82) is 0 Å². The van der Waals surface area contributed by atoms with E-state index in [0.29, 0.717) is 12.1 Å². The summed E-state index contributed by atoms with van der Waals surface area (Å²) in [4.78, 5) is 25.6. The number of amides is 2. The van der Waals surface area contributed by atoms with Crippen molar-refractivity contribution in [3.8, 4) is 0 Å². The van der Waals surface area contributed by atoms with Gasteiger partial charge in [-0.05, 0) is 38.1 Å². The molecule has 5 heteroatoms. The van der Waals surface area contributed by atoms with Crippen molar-refractivity contribution in [2.75, 3.05) is 33.7 Å². The molecule has 1 rings (SSSR count). The molecule has 5 nitrogen and oxygen atoms in total. The lowest BCUT2D eigenvalue weighted by Crippen LogP contribution is -2.38. The molecule has 0 bridgehead atoms. The number of nitrogens with one attached hydrogen (secondary N) is 2. The van der Waals surface area contributed by atoms with E-state index in [9.17, 15) is 9.59 Å². The maximum atomic E-state index is 12.5. The van der Waals surface area contributed by atoms with Crippen LogP contribution in [0.1, 0.15) is 29.3 Å². The van der Waals surface area contributed by atoms with E-state index in [-0.39, 0.29) is 18.4 Å². The Hall–Kier alpha value is -1.88. The summed E-state index contributed by atoms with van der Waals surface area (Å²) in [5.74, 6) is -0.242. The van der Waals surface area contributed by atoms with Crippen LogP contribution in [0.15, 0.2) is 24.3 Å². The minimum Gasteiger partial charge on any atom is -0.355 e. The van der Waals surface area contributed by atoms with Gasteiger partial charge in [-0.2, -0.15) is 0 Å². The summed E-state index contributed by atoms with van der Waals surface area (Å²) in [7, 11) is 3.54. The monoisotopic (exact) mass is 291 g/mol. The first-order chi connectivity index (χ1) is 10.1. The Labute approximate surface area is 126 Å². The largest absolute Gasteiger partial charge is 0.355 e. The first kappa shape index (κ1) is 17.2. The summed E-state index contributed by atoms with van der Waals surface area (Å²) in [5, 5.41) is 5.85. The Morgan fingerprint density at radius 3 is 2.57 bits per heavy atom. The number of nitrogens with zero attached hydrogens (tertiary/aromatic N) is 1. The third-order valence-corrected chi connectivity index (χ3v) is 3.19. The molecule has 0 aromatic heterocycles. The topological polar surface area (TPSA) is 61.4 Å². The molecule has 0 atom stereocenters. The molecule has 2 N–H and O–H groups in total.